The highest BCUT2D eigenvalue weighted by atomic mass is 14.4. The molecule has 0 aliphatic heterocycles. The molecule has 0 amide bonds. The Kier molecular flexibility index (Phi) is 9.39. The zero-order chi connectivity index (χ0) is 18.2. The lowest BCUT2D eigenvalue weighted by molar-refractivity contribution is 0.0585. The van der Waals surface area contributed by atoms with E-state index in [1.807, 2.05) is 0 Å². The van der Waals surface area contributed by atoms with E-state index >= 15 is 0 Å². The largest absolute Gasteiger partial charge is 0.0654 e. The van der Waals surface area contributed by atoms with Gasteiger partial charge in [0, 0.05) is 0 Å². The summed E-state index contributed by atoms with van der Waals surface area (Å²) in [5.74, 6) is 2.85. The lowest BCUT2D eigenvalue weighted by Crippen LogP contribution is -2.34. The maximum atomic E-state index is 2.64. The minimum absolute atomic E-state index is 0.514. The van der Waals surface area contributed by atoms with E-state index in [4.69, 9.17) is 0 Å². The summed E-state index contributed by atoms with van der Waals surface area (Å²) in [7, 11) is 0. The topological polar surface area (TPSA) is 0 Å². The second-order valence-corrected chi connectivity index (χ2v) is 9.93. The Hall–Kier alpha value is 0. The van der Waals surface area contributed by atoms with Crippen LogP contribution in [0.15, 0.2) is 0 Å². The van der Waals surface area contributed by atoms with Crippen LogP contribution >= 0.6 is 0 Å². The van der Waals surface area contributed by atoms with Crippen molar-refractivity contribution in [3.8, 4) is 0 Å². The average molecular weight is 337 g/mol. The molecule has 0 aromatic rings. The molecule has 144 valence electrons. The molecule has 0 radical (unpaired) electrons. The summed E-state index contributed by atoms with van der Waals surface area (Å²) in [4.78, 5) is 0. The number of hydrogen-bond acceptors (Lipinski definition) is 0. The average Bonchev–Trinajstić information content (AvgIpc) is 2.54. The van der Waals surface area contributed by atoms with Crippen molar-refractivity contribution in [1.29, 1.82) is 0 Å². The van der Waals surface area contributed by atoms with Crippen molar-refractivity contribution in [2.24, 2.45) is 28.6 Å². The Morgan fingerprint density at radius 3 is 2.21 bits per heavy atom. The summed E-state index contributed by atoms with van der Waals surface area (Å²) in [5, 5.41) is 0. The lowest BCUT2D eigenvalue weighted by Gasteiger charge is -2.45. The molecule has 0 N–H and O–H groups in total. The molecule has 0 spiro atoms. The molecule has 24 heavy (non-hydrogen) atoms. The van der Waals surface area contributed by atoms with Crippen LogP contribution < -0.4 is 0 Å². The zero-order valence-electron chi connectivity index (χ0n) is 18.2. The third kappa shape index (κ3) is 6.06. The summed E-state index contributed by atoms with van der Waals surface area (Å²) in [5.41, 5.74) is 1.14. The fourth-order valence-electron chi connectivity index (χ4n) is 5.68. The monoisotopic (exact) mass is 336 g/mol. The van der Waals surface area contributed by atoms with E-state index in [0.29, 0.717) is 10.8 Å². The van der Waals surface area contributed by atoms with Crippen molar-refractivity contribution in [2.45, 2.75) is 126 Å². The molecule has 1 saturated carbocycles. The maximum Gasteiger partial charge on any atom is -0.0295 e. The Morgan fingerprint density at radius 2 is 1.67 bits per heavy atom. The predicted octanol–water partition coefficient (Wildman–Crippen LogP) is 8.64. The van der Waals surface area contributed by atoms with Gasteiger partial charge in [0.2, 0.25) is 0 Å². The fraction of sp³-hybridized carbons (Fsp3) is 1.00. The molecule has 1 aliphatic rings. The van der Waals surface area contributed by atoms with Crippen LogP contribution in [-0.4, -0.2) is 0 Å². The van der Waals surface area contributed by atoms with Crippen LogP contribution in [-0.2, 0) is 0 Å². The molecule has 1 rings (SSSR count). The van der Waals surface area contributed by atoms with Gasteiger partial charge in [-0.05, 0) is 54.3 Å². The maximum absolute atomic E-state index is 2.64. The van der Waals surface area contributed by atoms with Gasteiger partial charge in [0.1, 0.15) is 0 Å². The molecule has 0 nitrogen and oxygen atoms in total. The minimum Gasteiger partial charge on any atom is -0.0654 e. The highest BCUT2D eigenvalue weighted by Crippen LogP contribution is 2.49. The third-order valence-electron chi connectivity index (χ3n) is 7.75. The highest BCUT2D eigenvalue weighted by molar-refractivity contribution is 4.89. The van der Waals surface area contributed by atoms with E-state index in [0.717, 1.165) is 17.8 Å². The highest BCUT2D eigenvalue weighted by Gasteiger charge is 2.38. The van der Waals surface area contributed by atoms with Gasteiger partial charge in [0.25, 0.3) is 0 Å². The van der Waals surface area contributed by atoms with Gasteiger partial charge in [0.05, 0.1) is 0 Å². The normalized spacial score (nSPS) is 27.9. The number of rotatable bonds is 11. The summed E-state index contributed by atoms with van der Waals surface area (Å²) < 4.78 is 0. The van der Waals surface area contributed by atoms with Crippen molar-refractivity contribution in [3.05, 3.63) is 0 Å². The predicted molar refractivity (Wildman–Crippen MR) is 110 cm³/mol. The molecule has 0 heteroatoms. The number of hydrogen-bond donors (Lipinski definition) is 0. The Morgan fingerprint density at radius 1 is 1.00 bits per heavy atom. The third-order valence-corrected chi connectivity index (χ3v) is 7.75. The molecular formula is C24H48. The van der Waals surface area contributed by atoms with Crippen LogP contribution in [0, 0.1) is 28.6 Å². The van der Waals surface area contributed by atoms with Gasteiger partial charge in [0.15, 0.2) is 0 Å². The second kappa shape index (κ2) is 10.2. The van der Waals surface area contributed by atoms with E-state index in [1.165, 1.54) is 77.0 Å². The Labute approximate surface area is 154 Å². The van der Waals surface area contributed by atoms with Crippen LogP contribution in [0.25, 0.3) is 0 Å². The second-order valence-electron chi connectivity index (χ2n) is 9.93. The summed E-state index contributed by atoms with van der Waals surface area (Å²) in [6, 6.07) is 0. The zero-order valence-corrected chi connectivity index (χ0v) is 18.2. The fourth-order valence-corrected chi connectivity index (χ4v) is 5.68. The molecule has 4 atom stereocenters. The molecule has 1 fully saturated rings. The first kappa shape index (κ1) is 22.0. The van der Waals surface area contributed by atoms with Crippen LogP contribution in [0.3, 0.4) is 0 Å². The SMILES string of the molecule is CCCC(CC(CCC)C(C)(C)CC)CC1(C)CCCCC1CC. The van der Waals surface area contributed by atoms with Crippen LogP contribution in [0.4, 0.5) is 0 Å². The molecule has 1 aliphatic carbocycles. The minimum atomic E-state index is 0.514. The van der Waals surface area contributed by atoms with Crippen molar-refractivity contribution < 1.29 is 0 Å². The first-order valence-electron chi connectivity index (χ1n) is 11.3. The van der Waals surface area contributed by atoms with Crippen LogP contribution in [0.1, 0.15) is 126 Å². The van der Waals surface area contributed by atoms with Crippen molar-refractivity contribution in [2.75, 3.05) is 0 Å². The Balaban J connectivity index is 2.84. The van der Waals surface area contributed by atoms with Gasteiger partial charge in [-0.3, -0.25) is 0 Å². The molecule has 0 aromatic heterocycles. The lowest BCUT2D eigenvalue weighted by atomic mass is 9.60. The summed E-state index contributed by atoms with van der Waals surface area (Å²) in [6.45, 7) is 17.3. The van der Waals surface area contributed by atoms with Crippen LogP contribution in [0.2, 0.25) is 0 Å². The first-order valence-corrected chi connectivity index (χ1v) is 11.3. The van der Waals surface area contributed by atoms with Gasteiger partial charge in [-0.1, -0.05) is 99.8 Å². The van der Waals surface area contributed by atoms with Gasteiger partial charge < -0.3 is 0 Å². The molecule has 4 unspecified atom stereocenters. The molecule has 0 bridgehead atoms. The van der Waals surface area contributed by atoms with Crippen molar-refractivity contribution in [1.82, 2.24) is 0 Å². The summed E-state index contributed by atoms with van der Waals surface area (Å²) >= 11 is 0. The van der Waals surface area contributed by atoms with E-state index in [1.54, 1.807) is 0 Å². The molecule has 0 aromatic carbocycles. The first-order chi connectivity index (χ1) is 11.3. The summed E-state index contributed by atoms with van der Waals surface area (Å²) in [6.07, 6.45) is 17.2. The standard InChI is InChI=1S/C24H48/c1-8-14-20(18-22(15-9-2)23(5,6)11-4)19-24(7)17-13-12-16-21(24)10-3/h20-22H,8-19H2,1-7H3. The smallest absolute Gasteiger partial charge is 0.0295 e. The van der Waals surface area contributed by atoms with Gasteiger partial charge in [-0.15, -0.1) is 0 Å². The van der Waals surface area contributed by atoms with E-state index in [2.05, 4.69) is 48.5 Å². The van der Waals surface area contributed by atoms with Gasteiger partial charge in [-0.2, -0.15) is 0 Å². The molecule has 0 heterocycles. The van der Waals surface area contributed by atoms with E-state index < -0.39 is 0 Å². The van der Waals surface area contributed by atoms with Crippen molar-refractivity contribution in [3.63, 3.8) is 0 Å². The molecular weight excluding hydrogens is 288 g/mol. The van der Waals surface area contributed by atoms with E-state index in [-0.39, 0.29) is 0 Å². The Bertz CT molecular complexity index is 329. The van der Waals surface area contributed by atoms with Gasteiger partial charge in [-0.25, -0.2) is 0 Å². The molecule has 0 saturated heterocycles. The van der Waals surface area contributed by atoms with Crippen molar-refractivity contribution >= 4 is 0 Å². The van der Waals surface area contributed by atoms with Crippen LogP contribution in [0.5, 0.6) is 0 Å². The van der Waals surface area contributed by atoms with Gasteiger partial charge >= 0.3 is 0 Å². The quantitative estimate of drug-likeness (QED) is 0.354. The van der Waals surface area contributed by atoms with E-state index in [9.17, 15) is 0 Å².